The number of hydrogen-bond donors (Lipinski definition) is 3. The Labute approximate surface area is 83.6 Å². The Bertz CT molecular complexity index is 245. The minimum atomic E-state index is -1.17. The standard InChI is InChI=1S/C10H18O4/c1-9(2)6(7(11)12)4-5-10(3,14)8(9)13/h6,8,13-14H,4-5H2,1-3H3,(H,11,12). The van der Waals surface area contributed by atoms with E-state index in [4.69, 9.17) is 5.11 Å². The van der Waals surface area contributed by atoms with Crippen LogP contribution in [0.25, 0.3) is 0 Å². The SMILES string of the molecule is CC1(O)CCC(C(=O)O)C(C)(C)C1O. The summed E-state index contributed by atoms with van der Waals surface area (Å²) in [4.78, 5) is 10.9. The maximum absolute atomic E-state index is 10.9. The van der Waals surface area contributed by atoms with Gasteiger partial charge in [0.25, 0.3) is 0 Å². The van der Waals surface area contributed by atoms with Crippen LogP contribution in [-0.4, -0.2) is 33.0 Å². The molecule has 1 aliphatic carbocycles. The minimum absolute atomic E-state index is 0.328. The average molecular weight is 202 g/mol. The first-order valence-electron chi connectivity index (χ1n) is 4.83. The van der Waals surface area contributed by atoms with E-state index in [0.717, 1.165) is 0 Å². The smallest absolute Gasteiger partial charge is 0.307 e. The van der Waals surface area contributed by atoms with Crippen LogP contribution in [-0.2, 0) is 4.79 Å². The second-order valence-corrected chi connectivity index (χ2v) is 5.01. The highest BCUT2D eigenvalue weighted by Gasteiger charge is 2.52. The van der Waals surface area contributed by atoms with Gasteiger partial charge in [-0.1, -0.05) is 13.8 Å². The summed E-state index contributed by atoms with van der Waals surface area (Å²) in [5.74, 6) is -1.48. The van der Waals surface area contributed by atoms with E-state index in [1.165, 1.54) is 0 Å². The van der Waals surface area contributed by atoms with Gasteiger partial charge in [0.1, 0.15) is 0 Å². The van der Waals surface area contributed by atoms with Gasteiger partial charge in [-0.3, -0.25) is 4.79 Å². The van der Waals surface area contributed by atoms with Crippen molar-refractivity contribution >= 4 is 5.97 Å². The first kappa shape index (κ1) is 11.5. The molecule has 4 nitrogen and oxygen atoms in total. The number of rotatable bonds is 1. The number of carbonyl (C=O) groups is 1. The van der Waals surface area contributed by atoms with E-state index in [9.17, 15) is 15.0 Å². The summed E-state index contributed by atoms with van der Waals surface area (Å²) in [6.45, 7) is 4.92. The highest BCUT2D eigenvalue weighted by molar-refractivity contribution is 5.71. The largest absolute Gasteiger partial charge is 0.481 e. The molecule has 4 heteroatoms. The molecule has 0 saturated heterocycles. The fourth-order valence-corrected chi connectivity index (χ4v) is 2.38. The van der Waals surface area contributed by atoms with E-state index in [-0.39, 0.29) is 0 Å². The lowest BCUT2D eigenvalue weighted by Gasteiger charge is -2.48. The normalized spacial score (nSPS) is 42.1. The third kappa shape index (κ3) is 1.64. The van der Waals surface area contributed by atoms with Crippen molar-refractivity contribution in [1.82, 2.24) is 0 Å². The molecule has 0 aromatic rings. The van der Waals surface area contributed by atoms with Gasteiger partial charge in [-0.15, -0.1) is 0 Å². The van der Waals surface area contributed by atoms with Crippen molar-refractivity contribution in [2.24, 2.45) is 11.3 Å². The summed E-state index contributed by atoms with van der Waals surface area (Å²) in [6, 6.07) is 0. The molecule has 0 aromatic heterocycles. The highest BCUT2D eigenvalue weighted by atomic mass is 16.4. The van der Waals surface area contributed by atoms with Gasteiger partial charge in [0.05, 0.1) is 17.6 Å². The van der Waals surface area contributed by atoms with Crippen LogP contribution < -0.4 is 0 Å². The molecule has 0 aliphatic heterocycles. The maximum Gasteiger partial charge on any atom is 0.307 e. The molecule has 0 spiro atoms. The molecular weight excluding hydrogens is 184 g/mol. The third-order valence-electron chi connectivity index (χ3n) is 3.43. The van der Waals surface area contributed by atoms with E-state index in [1.54, 1.807) is 20.8 Å². The number of aliphatic carboxylic acids is 1. The summed E-state index contributed by atoms with van der Waals surface area (Å²) in [7, 11) is 0. The molecule has 1 aliphatic rings. The van der Waals surface area contributed by atoms with Crippen molar-refractivity contribution in [2.75, 3.05) is 0 Å². The third-order valence-corrected chi connectivity index (χ3v) is 3.43. The van der Waals surface area contributed by atoms with Crippen LogP contribution in [0.4, 0.5) is 0 Å². The number of hydrogen-bond acceptors (Lipinski definition) is 3. The first-order valence-corrected chi connectivity index (χ1v) is 4.83. The van der Waals surface area contributed by atoms with E-state index in [1.807, 2.05) is 0 Å². The van der Waals surface area contributed by atoms with Crippen molar-refractivity contribution in [3.63, 3.8) is 0 Å². The second-order valence-electron chi connectivity index (χ2n) is 5.01. The average Bonchev–Trinajstić information content (AvgIpc) is 1.99. The molecule has 0 radical (unpaired) electrons. The molecule has 1 rings (SSSR count). The Kier molecular flexibility index (Phi) is 2.63. The van der Waals surface area contributed by atoms with Crippen LogP contribution >= 0.6 is 0 Å². The second kappa shape index (κ2) is 3.21. The number of aliphatic hydroxyl groups excluding tert-OH is 1. The molecule has 3 unspecified atom stereocenters. The lowest BCUT2D eigenvalue weighted by atomic mass is 9.61. The summed E-state index contributed by atoms with van der Waals surface area (Å²) >= 11 is 0. The van der Waals surface area contributed by atoms with Crippen LogP contribution in [0, 0.1) is 11.3 Å². The molecule has 0 bridgehead atoms. The number of carboxylic acids is 1. The van der Waals surface area contributed by atoms with E-state index in [0.29, 0.717) is 12.8 Å². The van der Waals surface area contributed by atoms with E-state index in [2.05, 4.69) is 0 Å². The number of aliphatic hydroxyl groups is 2. The Morgan fingerprint density at radius 3 is 2.29 bits per heavy atom. The van der Waals surface area contributed by atoms with Crippen LogP contribution in [0.3, 0.4) is 0 Å². The van der Waals surface area contributed by atoms with Crippen molar-refractivity contribution in [3.8, 4) is 0 Å². The fourth-order valence-electron chi connectivity index (χ4n) is 2.38. The summed E-state index contributed by atoms with van der Waals surface area (Å²) in [5, 5.41) is 28.7. The fraction of sp³-hybridized carbons (Fsp3) is 0.900. The van der Waals surface area contributed by atoms with Crippen LogP contribution in [0.1, 0.15) is 33.6 Å². The van der Waals surface area contributed by atoms with Gasteiger partial charge in [0, 0.05) is 5.41 Å². The van der Waals surface area contributed by atoms with Crippen molar-refractivity contribution in [1.29, 1.82) is 0 Å². The van der Waals surface area contributed by atoms with Gasteiger partial charge >= 0.3 is 5.97 Å². The van der Waals surface area contributed by atoms with Gasteiger partial charge in [0.15, 0.2) is 0 Å². The Hall–Kier alpha value is -0.610. The van der Waals surface area contributed by atoms with E-state index < -0.39 is 29.0 Å². The van der Waals surface area contributed by atoms with Crippen LogP contribution in [0.2, 0.25) is 0 Å². The minimum Gasteiger partial charge on any atom is -0.481 e. The maximum atomic E-state index is 10.9. The molecular formula is C10H18O4. The molecule has 82 valence electrons. The molecule has 1 saturated carbocycles. The highest BCUT2D eigenvalue weighted by Crippen LogP contribution is 2.45. The molecule has 0 aromatic carbocycles. The summed E-state index contributed by atoms with van der Waals surface area (Å²) in [5.41, 5.74) is -1.96. The van der Waals surface area contributed by atoms with Gasteiger partial charge in [0.2, 0.25) is 0 Å². The zero-order chi connectivity index (χ0) is 11.1. The predicted molar refractivity (Wildman–Crippen MR) is 50.8 cm³/mol. The van der Waals surface area contributed by atoms with E-state index >= 15 is 0 Å². The van der Waals surface area contributed by atoms with Gasteiger partial charge in [-0.05, 0) is 19.8 Å². The topological polar surface area (TPSA) is 77.8 Å². The van der Waals surface area contributed by atoms with Crippen molar-refractivity contribution in [3.05, 3.63) is 0 Å². The van der Waals surface area contributed by atoms with Crippen LogP contribution in [0.15, 0.2) is 0 Å². The zero-order valence-corrected chi connectivity index (χ0v) is 8.82. The number of carboxylic acid groups (broad SMARTS) is 1. The summed E-state index contributed by atoms with van der Waals surface area (Å²) in [6.07, 6.45) is -0.258. The molecule has 0 amide bonds. The quantitative estimate of drug-likeness (QED) is 0.582. The van der Waals surface area contributed by atoms with Gasteiger partial charge < -0.3 is 15.3 Å². The summed E-state index contributed by atoms with van der Waals surface area (Å²) < 4.78 is 0. The Balaban J connectivity index is 2.96. The molecule has 1 fully saturated rings. The van der Waals surface area contributed by atoms with Crippen molar-refractivity contribution in [2.45, 2.75) is 45.3 Å². The molecule has 3 atom stereocenters. The molecule has 3 N–H and O–H groups in total. The lowest BCUT2D eigenvalue weighted by molar-refractivity contribution is -0.181. The Morgan fingerprint density at radius 2 is 1.86 bits per heavy atom. The monoisotopic (exact) mass is 202 g/mol. The Morgan fingerprint density at radius 1 is 1.36 bits per heavy atom. The zero-order valence-electron chi connectivity index (χ0n) is 8.82. The van der Waals surface area contributed by atoms with Crippen molar-refractivity contribution < 1.29 is 20.1 Å². The van der Waals surface area contributed by atoms with Crippen LogP contribution in [0.5, 0.6) is 0 Å². The first-order chi connectivity index (χ1) is 6.19. The molecule has 14 heavy (non-hydrogen) atoms. The van der Waals surface area contributed by atoms with Gasteiger partial charge in [-0.2, -0.15) is 0 Å². The lowest BCUT2D eigenvalue weighted by Crippen LogP contribution is -2.57. The molecule has 0 heterocycles. The predicted octanol–water partition coefficient (Wildman–Crippen LogP) is 0.619. The van der Waals surface area contributed by atoms with Gasteiger partial charge in [-0.25, -0.2) is 0 Å².